The molecule has 2 aromatic carbocycles. The lowest BCUT2D eigenvalue weighted by Gasteiger charge is -2.07. The van der Waals surface area contributed by atoms with Crippen LogP contribution >= 0.6 is 11.6 Å². The predicted molar refractivity (Wildman–Crippen MR) is 99.8 cm³/mol. The van der Waals surface area contributed by atoms with Crippen LogP contribution < -0.4 is 5.32 Å². The maximum atomic E-state index is 11.9. The van der Waals surface area contributed by atoms with E-state index in [1.54, 1.807) is 12.1 Å². The number of carbonyl (C=O) groups excluding carboxylic acids is 2. The number of halogens is 1. The Hall–Kier alpha value is -2.33. The highest BCUT2D eigenvalue weighted by Gasteiger charge is 2.09. The van der Waals surface area contributed by atoms with Crippen LogP contribution in [0, 0.1) is 6.92 Å². The van der Waals surface area contributed by atoms with Crippen LogP contribution in [-0.4, -0.2) is 18.5 Å². The molecule has 0 heterocycles. The molecule has 0 aliphatic rings. The highest BCUT2D eigenvalue weighted by molar-refractivity contribution is 6.31. The van der Waals surface area contributed by atoms with E-state index >= 15 is 0 Å². The molecule has 0 atom stereocenters. The molecular weight excluding hydrogens is 338 g/mol. The number of carbonyl (C=O) groups is 2. The van der Waals surface area contributed by atoms with Crippen molar-refractivity contribution < 1.29 is 14.3 Å². The van der Waals surface area contributed by atoms with E-state index < -0.39 is 0 Å². The Balaban J connectivity index is 1.62. The van der Waals surface area contributed by atoms with Crippen LogP contribution in [0.25, 0.3) is 0 Å². The molecule has 1 amide bonds. The lowest BCUT2D eigenvalue weighted by molar-refractivity contribution is -0.144. The van der Waals surface area contributed by atoms with Crippen LogP contribution in [0.1, 0.15) is 30.4 Å². The average Bonchev–Trinajstić information content (AvgIpc) is 2.61. The van der Waals surface area contributed by atoms with E-state index in [4.69, 9.17) is 16.3 Å². The van der Waals surface area contributed by atoms with Gasteiger partial charge in [-0.2, -0.15) is 0 Å². The summed E-state index contributed by atoms with van der Waals surface area (Å²) in [6.45, 7) is 2.25. The molecule has 0 aliphatic carbocycles. The number of amides is 1. The van der Waals surface area contributed by atoms with Crippen LogP contribution in [0.3, 0.4) is 0 Å². The zero-order chi connectivity index (χ0) is 18.1. The summed E-state index contributed by atoms with van der Waals surface area (Å²) in [6, 6.07) is 15.3. The fourth-order valence-electron chi connectivity index (χ4n) is 2.29. The molecule has 0 saturated carbocycles. The molecule has 25 heavy (non-hydrogen) atoms. The topological polar surface area (TPSA) is 55.4 Å². The number of hydrogen-bond acceptors (Lipinski definition) is 3. The lowest BCUT2D eigenvalue weighted by atomic mass is 10.1. The second-order valence-electron chi connectivity index (χ2n) is 5.82. The summed E-state index contributed by atoms with van der Waals surface area (Å²) in [5.41, 5.74) is 2.78. The number of hydrogen-bond donors (Lipinski definition) is 1. The van der Waals surface area contributed by atoms with Gasteiger partial charge in [-0.05, 0) is 43.0 Å². The summed E-state index contributed by atoms with van der Waals surface area (Å²) in [5, 5.41) is 3.32. The molecule has 0 fully saturated rings. The predicted octanol–water partition coefficient (Wildman–Crippen LogP) is 4.54. The molecule has 0 unspecified atom stereocenters. The first-order valence-electron chi connectivity index (χ1n) is 8.30. The van der Waals surface area contributed by atoms with Crippen LogP contribution in [0.5, 0.6) is 0 Å². The van der Waals surface area contributed by atoms with E-state index in [0.29, 0.717) is 17.3 Å². The van der Waals surface area contributed by atoms with E-state index in [-0.39, 0.29) is 24.7 Å². The molecule has 2 rings (SSSR count). The average molecular weight is 360 g/mol. The van der Waals surface area contributed by atoms with E-state index in [2.05, 4.69) is 5.32 Å². The second kappa shape index (κ2) is 9.84. The van der Waals surface area contributed by atoms with Crippen LogP contribution in [0.2, 0.25) is 5.02 Å². The second-order valence-corrected chi connectivity index (χ2v) is 6.23. The van der Waals surface area contributed by atoms with Gasteiger partial charge < -0.3 is 10.1 Å². The third-order valence-corrected chi connectivity index (χ3v) is 4.13. The van der Waals surface area contributed by atoms with Gasteiger partial charge in [-0.25, -0.2) is 0 Å². The number of ether oxygens (including phenoxy) is 1. The fourth-order valence-corrected chi connectivity index (χ4v) is 2.47. The number of esters is 1. The molecule has 132 valence electrons. The number of aryl methyl sites for hydroxylation is 2. The summed E-state index contributed by atoms with van der Waals surface area (Å²) < 4.78 is 5.16. The molecule has 4 nitrogen and oxygen atoms in total. The fraction of sp³-hybridized carbons (Fsp3) is 0.300. The number of anilines is 1. The van der Waals surface area contributed by atoms with Gasteiger partial charge in [-0.15, -0.1) is 0 Å². The SMILES string of the molecule is Cc1ccc(NC(=O)CCC(=O)OCCCc2ccccc2)cc1Cl. The van der Waals surface area contributed by atoms with Gasteiger partial charge in [0.05, 0.1) is 13.0 Å². The van der Waals surface area contributed by atoms with E-state index in [0.717, 1.165) is 18.4 Å². The standard InChI is InChI=1S/C20H22ClNO3/c1-15-9-10-17(14-18(15)21)22-19(23)11-12-20(24)25-13-5-8-16-6-3-2-4-7-16/h2-4,6-7,9-10,14H,5,8,11-13H2,1H3,(H,22,23). The summed E-state index contributed by atoms with van der Waals surface area (Å²) in [7, 11) is 0. The molecule has 2 aromatic rings. The van der Waals surface area contributed by atoms with Crippen LogP contribution in [0.4, 0.5) is 5.69 Å². The molecule has 0 aliphatic heterocycles. The van der Waals surface area contributed by atoms with Crippen molar-refractivity contribution >= 4 is 29.2 Å². The molecular formula is C20H22ClNO3. The van der Waals surface area contributed by atoms with Crippen molar-refractivity contribution in [1.82, 2.24) is 0 Å². The highest BCUT2D eigenvalue weighted by atomic mass is 35.5. The Morgan fingerprint density at radius 3 is 2.56 bits per heavy atom. The third kappa shape index (κ3) is 6.98. The molecule has 5 heteroatoms. The van der Waals surface area contributed by atoms with Gasteiger partial charge in [0.2, 0.25) is 5.91 Å². The van der Waals surface area contributed by atoms with E-state index in [9.17, 15) is 9.59 Å². The van der Waals surface area contributed by atoms with E-state index in [1.807, 2.05) is 43.3 Å². The van der Waals surface area contributed by atoms with Crippen molar-refractivity contribution in [3.05, 3.63) is 64.7 Å². The van der Waals surface area contributed by atoms with E-state index in [1.165, 1.54) is 5.56 Å². The maximum absolute atomic E-state index is 11.9. The summed E-state index contributed by atoms with van der Waals surface area (Å²) >= 11 is 6.01. The van der Waals surface area contributed by atoms with Gasteiger partial charge in [0.1, 0.15) is 0 Å². The molecule has 0 bridgehead atoms. The third-order valence-electron chi connectivity index (χ3n) is 3.73. The minimum absolute atomic E-state index is 0.0662. The van der Waals surface area contributed by atoms with Crippen molar-refractivity contribution in [2.45, 2.75) is 32.6 Å². The van der Waals surface area contributed by atoms with Gasteiger partial charge in [-0.1, -0.05) is 48.0 Å². The normalized spacial score (nSPS) is 10.3. The van der Waals surface area contributed by atoms with Gasteiger partial charge >= 0.3 is 5.97 Å². The number of nitrogens with one attached hydrogen (secondary N) is 1. The Labute approximate surface area is 153 Å². The van der Waals surface area contributed by atoms with Crippen molar-refractivity contribution in [2.75, 3.05) is 11.9 Å². The first kappa shape index (κ1) is 19.0. The largest absolute Gasteiger partial charge is 0.466 e. The molecule has 0 aromatic heterocycles. The maximum Gasteiger partial charge on any atom is 0.306 e. The number of benzene rings is 2. The minimum Gasteiger partial charge on any atom is -0.466 e. The Morgan fingerprint density at radius 1 is 1.08 bits per heavy atom. The van der Waals surface area contributed by atoms with Crippen molar-refractivity contribution in [3.63, 3.8) is 0 Å². The quantitative estimate of drug-likeness (QED) is 0.556. The van der Waals surface area contributed by atoms with Crippen LogP contribution in [0.15, 0.2) is 48.5 Å². The van der Waals surface area contributed by atoms with Crippen molar-refractivity contribution in [2.24, 2.45) is 0 Å². The summed E-state index contributed by atoms with van der Waals surface area (Å²) in [5.74, 6) is -0.591. The Bertz CT molecular complexity index is 716. The minimum atomic E-state index is -0.356. The van der Waals surface area contributed by atoms with Crippen molar-refractivity contribution in [3.8, 4) is 0 Å². The lowest BCUT2D eigenvalue weighted by Crippen LogP contribution is -2.15. The zero-order valence-electron chi connectivity index (χ0n) is 14.3. The zero-order valence-corrected chi connectivity index (χ0v) is 15.0. The van der Waals surface area contributed by atoms with Gasteiger partial charge in [-0.3, -0.25) is 9.59 Å². The van der Waals surface area contributed by atoms with Crippen LogP contribution in [-0.2, 0) is 20.7 Å². The molecule has 0 spiro atoms. The Morgan fingerprint density at radius 2 is 1.84 bits per heavy atom. The molecule has 0 saturated heterocycles. The Kier molecular flexibility index (Phi) is 7.48. The smallest absolute Gasteiger partial charge is 0.306 e. The summed E-state index contributed by atoms with van der Waals surface area (Å²) in [6.07, 6.45) is 1.78. The summed E-state index contributed by atoms with van der Waals surface area (Å²) in [4.78, 5) is 23.6. The highest BCUT2D eigenvalue weighted by Crippen LogP contribution is 2.20. The first-order chi connectivity index (χ1) is 12.0. The molecule has 1 N–H and O–H groups in total. The van der Waals surface area contributed by atoms with Crippen molar-refractivity contribution in [1.29, 1.82) is 0 Å². The van der Waals surface area contributed by atoms with Gasteiger partial charge in [0.25, 0.3) is 0 Å². The first-order valence-corrected chi connectivity index (χ1v) is 8.68. The molecule has 0 radical (unpaired) electrons. The number of rotatable bonds is 8. The monoisotopic (exact) mass is 359 g/mol. The van der Waals surface area contributed by atoms with Gasteiger partial charge in [0, 0.05) is 17.1 Å². The van der Waals surface area contributed by atoms with Gasteiger partial charge in [0.15, 0.2) is 0 Å².